The van der Waals surface area contributed by atoms with Crippen molar-refractivity contribution in [3.05, 3.63) is 45.4 Å². The fourth-order valence-corrected chi connectivity index (χ4v) is 2.11. The molecule has 0 unspecified atom stereocenters. The van der Waals surface area contributed by atoms with Crippen LogP contribution in [0.25, 0.3) is 0 Å². The number of rotatable bonds is 4. The maximum absolute atomic E-state index is 8.58. The first-order valence-electron chi connectivity index (χ1n) is 4.99. The summed E-state index contributed by atoms with van der Waals surface area (Å²) in [4.78, 5) is 4.10. The number of halogens is 1. The van der Waals surface area contributed by atoms with Crippen molar-refractivity contribution >= 4 is 28.8 Å². The predicted molar refractivity (Wildman–Crippen MR) is 70.4 cm³/mol. The van der Waals surface area contributed by atoms with Gasteiger partial charge in [0, 0.05) is 17.1 Å². The molecule has 1 heterocycles. The number of oxime groups is 1. The summed E-state index contributed by atoms with van der Waals surface area (Å²) in [5, 5.41) is 14.6. The van der Waals surface area contributed by atoms with Crippen LogP contribution in [0.1, 0.15) is 10.6 Å². The van der Waals surface area contributed by atoms with E-state index in [0.29, 0.717) is 22.9 Å². The van der Waals surface area contributed by atoms with E-state index in [0.717, 1.165) is 5.01 Å². The van der Waals surface area contributed by atoms with Crippen molar-refractivity contribution in [1.82, 2.24) is 4.98 Å². The van der Waals surface area contributed by atoms with Crippen molar-refractivity contribution in [3.8, 4) is 5.75 Å². The Bertz CT molecular complexity index is 557. The highest BCUT2D eigenvalue weighted by molar-refractivity contribution is 7.09. The maximum atomic E-state index is 8.58. The van der Waals surface area contributed by atoms with Crippen LogP contribution in [0.4, 0.5) is 0 Å². The van der Waals surface area contributed by atoms with Gasteiger partial charge in [0.2, 0.25) is 0 Å². The molecule has 0 bridgehead atoms. The quantitative estimate of drug-likeness (QED) is 0.391. The summed E-state index contributed by atoms with van der Waals surface area (Å²) in [5.41, 5.74) is 5.92. The Labute approximate surface area is 112 Å². The molecule has 18 heavy (non-hydrogen) atoms. The molecule has 7 heteroatoms. The van der Waals surface area contributed by atoms with Gasteiger partial charge in [-0.25, -0.2) is 4.98 Å². The zero-order chi connectivity index (χ0) is 13.0. The molecule has 0 atom stereocenters. The number of aromatic nitrogens is 1. The Hall–Kier alpha value is -1.79. The zero-order valence-electron chi connectivity index (χ0n) is 9.21. The van der Waals surface area contributed by atoms with Gasteiger partial charge in [-0.2, -0.15) is 0 Å². The third kappa shape index (κ3) is 2.91. The lowest BCUT2D eigenvalue weighted by molar-refractivity contribution is 0.305. The molecule has 2 aromatic rings. The monoisotopic (exact) mass is 283 g/mol. The lowest BCUT2D eigenvalue weighted by Gasteiger charge is -2.07. The SMILES string of the molecule is N/C(=N/O)c1ccc(OCc2nccs2)cc1Cl. The third-order valence-corrected chi connectivity index (χ3v) is 3.24. The Balaban J connectivity index is 2.09. The fourth-order valence-electron chi connectivity index (χ4n) is 1.32. The van der Waals surface area contributed by atoms with Gasteiger partial charge in [0.1, 0.15) is 17.4 Å². The molecule has 1 aromatic heterocycles. The second-order valence-corrected chi connectivity index (χ2v) is 4.73. The van der Waals surface area contributed by atoms with Crippen LogP contribution in [-0.4, -0.2) is 16.0 Å². The summed E-state index contributed by atoms with van der Waals surface area (Å²) in [6.07, 6.45) is 1.72. The van der Waals surface area contributed by atoms with E-state index in [1.54, 1.807) is 24.4 Å². The minimum atomic E-state index is -0.0357. The Morgan fingerprint density at radius 2 is 2.39 bits per heavy atom. The summed E-state index contributed by atoms with van der Waals surface area (Å²) in [6, 6.07) is 4.95. The summed E-state index contributed by atoms with van der Waals surface area (Å²) >= 11 is 7.52. The maximum Gasteiger partial charge on any atom is 0.171 e. The molecule has 0 fully saturated rings. The molecule has 0 saturated carbocycles. The average Bonchev–Trinajstić information content (AvgIpc) is 2.88. The van der Waals surface area contributed by atoms with Crippen molar-refractivity contribution in [2.24, 2.45) is 10.9 Å². The minimum absolute atomic E-state index is 0.0357. The largest absolute Gasteiger partial charge is 0.486 e. The molecule has 5 nitrogen and oxygen atoms in total. The molecule has 0 aliphatic heterocycles. The molecule has 0 saturated heterocycles. The first-order chi connectivity index (χ1) is 8.70. The molecular weight excluding hydrogens is 274 g/mol. The molecule has 0 amide bonds. The van der Waals surface area contributed by atoms with Crippen LogP contribution in [-0.2, 0) is 6.61 Å². The summed E-state index contributed by atoms with van der Waals surface area (Å²) in [7, 11) is 0. The number of amidine groups is 1. The smallest absolute Gasteiger partial charge is 0.171 e. The van der Waals surface area contributed by atoms with Crippen LogP contribution in [0.5, 0.6) is 5.75 Å². The topological polar surface area (TPSA) is 80.7 Å². The fraction of sp³-hybridized carbons (Fsp3) is 0.0909. The molecule has 2 rings (SSSR count). The number of nitrogens with zero attached hydrogens (tertiary/aromatic N) is 2. The molecule has 0 radical (unpaired) electrons. The third-order valence-electron chi connectivity index (χ3n) is 2.17. The molecule has 0 aliphatic rings. The molecule has 3 N–H and O–H groups in total. The van der Waals surface area contributed by atoms with Crippen molar-refractivity contribution in [3.63, 3.8) is 0 Å². The lowest BCUT2D eigenvalue weighted by Crippen LogP contribution is -2.13. The second kappa shape index (κ2) is 5.70. The highest BCUT2D eigenvalue weighted by Crippen LogP contribution is 2.23. The van der Waals surface area contributed by atoms with E-state index >= 15 is 0 Å². The van der Waals surface area contributed by atoms with Gasteiger partial charge in [0.05, 0.1) is 5.02 Å². The van der Waals surface area contributed by atoms with E-state index in [1.165, 1.54) is 11.3 Å². The van der Waals surface area contributed by atoms with E-state index in [4.69, 9.17) is 27.3 Å². The number of ether oxygens (including phenoxy) is 1. The normalized spacial score (nSPS) is 11.5. The number of thiazole rings is 1. The number of hydrogen-bond donors (Lipinski definition) is 2. The van der Waals surface area contributed by atoms with Crippen LogP contribution in [0, 0.1) is 0 Å². The first kappa shape index (κ1) is 12.7. The van der Waals surface area contributed by atoms with Gasteiger partial charge < -0.3 is 15.7 Å². The molecule has 1 aromatic carbocycles. The van der Waals surface area contributed by atoms with Gasteiger partial charge in [-0.15, -0.1) is 11.3 Å². The van der Waals surface area contributed by atoms with E-state index < -0.39 is 0 Å². The minimum Gasteiger partial charge on any atom is -0.486 e. The Morgan fingerprint density at radius 1 is 1.56 bits per heavy atom. The van der Waals surface area contributed by atoms with Crippen LogP contribution >= 0.6 is 22.9 Å². The van der Waals surface area contributed by atoms with E-state index in [-0.39, 0.29) is 5.84 Å². The number of hydrogen-bond acceptors (Lipinski definition) is 5. The van der Waals surface area contributed by atoms with Gasteiger partial charge in [0.15, 0.2) is 5.84 Å². The number of benzene rings is 1. The van der Waals surface area contributed by atoms with Crippen molar-refractivity contribution in [1.29, 1.82) is 0 Å². The van der Waals surface area contributed by atoms with Gasteiger partial charge in [-0.3, -0.25) is 0 Å². The van der Waals surface area contributed by atoms with Crippen molar-refractivity contribution < 1.29 is 9.94 Å². The van der Waals surface area contributed by atoms with Crippen LogP contribution in [0.15, 0.2) is 34.9 Å². The van der Waals surface area contributed by atoms with Gasteiger partial charge in [-0.1, -0.05) is 16.8 Å². The summed E-state index contributed by atoms with van der Waals surface area (Å²) in [5.74, 6) is 0.566. The van der Waals surface area contributed by atoms with E-state index in [9.17, 15) is 0 Å². The van der Waals surface area contributed by atoms with Crippen LogP contribution < -0.4 is 10.5 Å². The Morgan fingerprint density at radius 3 is 3.00 bits per heavy atom. The molecule has 0 aliphatic carbocycles. The van der Waals surface area contributed by atoms with Gasteiger partial charge in [0.25, 0.3) is 0 Å². The molecule has 94 valence electrons. The summed E-state index contributed by atoms with van der Waals surface area (Å²) in [6.45, 7) is 0.386. The zero-order valence-corrected chi connectivity index (χ0v) is 10.8. The average molecular weight is 284 g/mol. The van der Waals surface area contributed by atoms with Crippen LogP contribution in [0.3, 0.4) is 0 Å². The Kier molecular flexibility index (Phi) is 4.01. The standard InChI is InChI=1S/C11H10ClN3O2S/c12-9-5-7(1-2-8(9)11(13)15-16)17-6-10-14-3-4-18-10/h1-5,16H,6H2,(H2,13,15). The highest BCUT2D eigenvalue weighted by Gasteiger charge is 2.07. The van der Waals surface area contributed by atoms with Gasteiger partial charge in [-0.05, 0) is 18.2 Å². The van der Waals surface area contributed by atoms with Crippen molar-refractivity contribution in [2.45, 2.75) is 6.61 Å². The van der Waals surface area contributed by atoms with E-state index in [2.05, 4.69) is 10.1 Å². The van der Waals surface area contributed by atoms with Crippen molar-refractivity contribution in [2.75, 3.05) is 0 Å². The second-order valence-electron chi connectivity index (χ2n) is 3.34. The predicted octanol–water partition coefficient (Wildman–Crippen LogP) is 2.47. The highest BCUT2D eigenvalue weighted by atomic mass is 35.5. The first-order valence-corrected chi connectivity index (χ1v) is 6.25. The van der Waals surface area contributed by atoms with E-state index in [1.807, 2.05) is 5.38 Å². The molecular formula is C11H10ClN3O2S. The summed E-state index contributed by atoms with van der Waals surface area (Å²) < 4.78 is 5.52. The number of nitrogens with two attached hydrogens (primary N) is 1. The lowest BCUT2D eigenvalue weighted by atomic mass is 10.2. The van der Waals surface area contributed by atoms with Crippen LogP contribution in [0.2, 0.25) is 5.02 Å². The van der Waals surface area contributed by atoms with Gasteiger partial charge >= 0.3 is 0 Å². The molecule has 0 spiro atoms.